The lowest BCUT2D eigenvalue weighted by atomic mass is 9.75. The van der Waals surface area contributed by atoms with Gasteiger partial charge in [0.15, 0.2) is 0 Å². The Balaban J connectivity index is 1.04. The van der Waals surface area contributed by atoms with Gasteiger partial charge in [-0.25, -0.2) is 0 Å². The van der Waals surface area contributed by atoms with E-state index in [1.807, 2.05) is 0 Å². The molecule has 0 saturated carbocycles. The number of hydrogen-bond acceptors (Lipinski definition) is 1. The van der Waals surface area contributed by atoms with Crippen LogP contribution in [0.5, 0.6) is 0 Å². The van der Waals surface area contributed by atoms with Crippen LogP contribution in [0.4, 0.5) is 5.69 Å². The number of nitrogens with zero attached hydrogens (tertiary/aromatic N) is 2. The first-order valence-electron chi connectivity index (χ1n) is 16.9. The van der Waals surface area contributed by atoms with Crippen LogP contribution in [-0.2, 0) is 0 Å². The van der Waals surface area contributed by atoms with Crippen molar-refractivity contribution in [1.82, 2.24) is 4.57 Å². The van der Waals surface area contributed by atoms with E-state index in [9.17, 15) is 0 Å². The highest BCUT2D eigenvalue weighted by molar-refractivity contribution is 6.09. The Kier molecular flexibility index (Phi) is 6.35. The molecular weight excluding hydrogens is 532 g/mol. The van der Waals surface area contributed by atoms with E-state index in [0.29, 0.717) is 17.9 Å². The quantitative estimate of drug-likeness (QED) is 0.208. The van der Waals surface area contributed by atoms with E-state index in [0.717, 1.165) is 0 Å². The molecule has 2 heterocycles. The molecule has 0 N–H and O–H groups in total. The Labute approximate surface area is 261 Å². The molecule has 0 spiro atoms. The fourth-order valence-corrected chi connectivity index (χ4v) is 9.02. The standard InChI is InChI=1S/C42H40N2/c1-3-14-33(15-4-1)43-39-20-9-7-18-35(39)37-27-31(22-24-41(37)43)29-12-11-13-30(26-29)32-23-25-42-38(28-32)36-19-8-10-21-40(36)44(42)34-16-5-2-6-17-34/h1-7,9,13-18,20,22,24,27-29,38,42H,8,10-12,19,21,23,25-26H2. The summed E-state index contributed by atoms with van der Waals surface area (Å²) in [6.07, 6.45) is 16.6. The lowest BCUT2D eigenvalue weighted by Crippen LogP contribution is -2.35. The topological polar surface area (TPSA) is 8.17 Å². The van der Waals surface area contributed by atoms with Crippen molar-refractivity contribution < 1.29 is 0 Å². The van der Waals surface area contributed by atoms with E-state index >= 15 is 0 Å². The number of rotatable bonds is 4. The third-order valence-electron chi connectivity index (χ3n) is 11.0. The zero-order valence-corrected chi connectivity index (χ0v) is 25.5. The predicted molar refractivity (Wildman–Crippen MR) is 184 cm³/mol. The number of benzene rings is 4. The van der Waals surface area contributed by atoms with Gasteiger partial charge in [-0.05, 0) is 128 Å². The van der Waals surface area contributed by atoms with Gasteiger partial charge in [-0.2, -0.15) is 0 Å². The molecule has 0 fully saturated rings. The fraction of sp³-hybridized carbons (Fsp3) is 0.286. The third kappa shape index (κ3) is 4.22. The summed E-state index contributed by atoms with van der Waals surface area (Å²) in [7, 11) is 0. The molecule has 3 unspecified atom stereocenters. The Morgan fingerprint density at radius 1 is 0.614 bits per heavy atom. The lowest BCUT2D eigenvalue weighted by molar-refractivity contribution is 0.498. The van der Waals surface area contributed by atoms with Gasteiger partial charge < -0.3 is 9.47 Å². The normalized spacial score (nSPS) is 23.5. The number of para-hydroxylation sites is 3. The second-order valence-corrected chi connectivity index (χ2v) is 13.4. The maximum atomic E-state index is 2.74. The minimum atomic E-state index is 0.575. The van der Waals surface area contributed by atoms with Gasteiger partial charge in [-0.3, -0.25) is 0 Å². The second-order valence-electron chi connectivity index (χ2n) is 13.4. The van der Waals surface area contributed by atoms with Crippen LogP contribution < -0.4 is 4.90 Å². The molecule has 2 nitrogen and oxygen atoms in total. The largest absolute Gasteiger partial charge is 0.341 e. The highest BCUT2D eigenvalue weighted by atomic mass is 15.2. The molecule has 44 heavy (non-hydrogen) atoms. The van der Waals surface area contributed by atoms with Gasteiger partial charge >= 0.3 is 0 Å². The third-order valence-corrected chi connectivity index (χ3v) is 11.0. The molecule has 0 saturated heterocycles. The van der Waals surface area contributed by atoms with Crippen LogP contribution in [0.15, 0.2) is 138 Å². The van der Waals surface area contributed by atoms with Crippen LogP contribution in [0.25, 0.3) is 27.5 Å². The average molecular weight is 573 g/mol. The number of aromatic nitrogens is 1. The minimum Gasteiger partial charge on any atom is -0.341 e. The molecule has 1 aromatic heterocycles. The summed E-state index contributed by atoms with van der Waals surface area (Å²) in [4.78, 5) is 2.74. The van der Waals surface area contributed by atoms with Crippen molar-refractivity contribution in [1.29, 1.82) is 0 Å². The van der Waals surface area contributed by atoms with Crippen LogP contribution in [0.1, 0.15) is 69.3 Å². The summed E-state index contributed by atoms with van der Waals surface area (Å²) in [6.45, 7) is 0. The van der Waals surface area contributed by atoms with Crippen molar-refractivity contribution >= 4 is 27.5 Å². The van der Waals surface area contributed by atoms with Crippen molar-refractivity contribution in [3.63, 3.8) is 0 Å². The maximum absolute atomic E-state index is 2.74. The van der Waals surface area contributed by atoms with E-state index in [4.69, 9.17) is 0 Å². The molecule has 3 aliphatic carbocycles. The molecule has 0 amide bonds. The zero-order chi connectivity index (χ0) is 29.0. The summed E-state index contributed by atoms with van der Waals surface area (Å²) in [5.74, 6) is 1.15. The van der Waals surface area contributed by atoms with Crippen LogP contribution in [0.2, 0.25) is 0 Å². The Morgan fingerprint density at radius 2 is 1.36 bits per heavy atom. The van der Waals surface area contributed by atoms with Crippen molar-refractivity contribution in [2.75, 3.05) is 4.90 Å². The molecular formula is C42H40N2. The maximum Gasteiger partial charge on any atom is 0.0541 e. The molecule has 0 bridgehead atoms. The van der Waals surface area contributed by atoms with Crippen molar-refractivity contribution in [2.45, 2.75) is 69.7 Å². The van der Waals surface area contributed by atoms with Crippen LogP contribution in [-0.4, -0.2) is 10.6 Å². The van der Waals surface area contributed by atoms with Crippen LogP contribution >= 0.6 is 0 Å². The Morgan fingerprint density at radius 3 is 2.23 bits per heavy atom. The molecule has 4 aromatic carbocycles. The van der Waals surface area contributed by atoms with Gasteiger partial charge in [0.2, 0.25) is 0 Å². The molecule has 2 heteroatoms. The van der Waals surface area contributed by atoms with Crippen molar-refractivity contribution in [3.8, 4) is 5.69 Å². The summed E-state index contributed by atoms with van der Waals surface area (Å²) < 4.78 is 2.43. The average Bonchev–Trinajstić information content (AvgIpc) is 3.61. The number of allylic oxidation sites excluding steroid dienone is 4. The molecule has 5 aromatic rings. The number of hydrogen-bond donors (Lipinski definition) is 0. The molecule has 1 aliphatic heterocycles. The van der Waals surface area contributed by atoms with E-state index in [2.05, 4.69) is 125 Å². The van der Waals surface area contributed by atoms with Gasteiger partial charge in [0.1, 0.15) is 0 Å². The molecule has 218 valence electrons. The molecule has 3 atom stereocenters. The zero-order valence-electron chi connectivity index (χ0n) is 25.5. The first-order valence-corrected chi connectivity index (χ1v) is 16.9. The van der Waals surface area contributed by atoms with Crippen LogP contribution in [0, 0.1) is 5.92 Å². The van der Waals surface area contributed by atoms with Gasteiger partial charge in [0.25, 0.3) is 0 Å². The van der Waals surface area contributed by atoms with Gasteiger partial charge in [0, 0.05) is 39.8 Å². The Bertz CT molecular complexity index is 1960. The SMILES string of the molecule is C1=C(C2=CCCC(c3ccc4c(c3)c3ccccc3n4-c3ccccc3)C2)CCC2C1C1=C(CCCC1)N2c1ccccc1. The summed E-state index contributed by atoms with van der Waals surface area (Å²) >= 11 is 0. The van der Waals surface area contributed by atoms with E-state index in [-0.39, 0.29) is 0 Å². The van der Waals surface area contributed by atoms with E-state index < -0.39 is 0 Å². The highest BCUT2D eigenvalue weighted by Gasteiger charge is 2.42. The molecule has 9 rings (SSSR count). The van der Waals surface area contributed by atoms with Gasteiger partial charge in [0.05, 0.1) is 11.0 Å². The number of anilines is 1. The van der Waals surface area contributed by atoms with Crippen molar-refractivity contribution in [2.24, 2.45) is 5.92 Å². The molecule has 4 aliphatic rings. The highest BCUT2D eigenvalue weighted by Crippen LogP contribution is 2.50. The van der Waals surface area contributed by atoms with E-state index in [1.54, 1.807) is 22.4 Å². The van der Waals surface area contributed by atoms with Gasteiger partial charge in [-0.1, -0.05) is 72.8 Å². The first kappa shape index (κ1) is 26.1. The van der Waals surface area contributed by atoms with Crippen molar-refractivity contribution in [3.05, 3.63) is 143 Å². The summed E-state index contributed by atoms with van der Waals surface area (Å²) in [5.41, 5.74) is 13.4. The van der Waals surface area contributed by atoms with Crippen LogP contribution in [0.3, 0.4) is 0 Å². The molecule has 0 radical (unpaired) electrons. The first-order chi connectivity index (χ1) is 21.8. The second kappa shape index (κ2) is 10.7. The smallest absolute Gasteiger partial charge is 0.0541 e. The minimum absolute atomic E-state index is 0.575. The number of fused-ring (bicyclic) bond motifs is 5. The summed E-state index contributed by atoms with van der Waals surface area (Å²) in [6, 6.07) is 38.8. The monoisotopic (exact) mass is 572 g/mol. The van der Waals surface area contributed by atoms with Gasteiger partial charge in [-0.15, -0.1) is 0 Å². The fourth-order valence-electron chi connectivity index (χ4n) is 9.02. The lowest BCUT2D eigenvalue weighted by Gasteiger charge is -2.36. The summed E-state index contributed by atoms with van der Waals surface area (Å²) in [5, 5.41) is 2.73. The predicted octanol–water partition coefficient (Wildman–Crippen LogP) is 11.0. The van der Waals surface area contributed by atoms with E-state index in [1.165, 1.54) is 96.5 Å². The Hall–Kier alpha value is -4.30.